The van der Waals surface area contributed by atoms with Crippen molar-refractivity contribution in [2.24, 2.45) is 23.2 Å². The average molecular weight is 170 g/mol. The molecule has 2 heteroatoms. The summed E-state index contributed by atoms with van der Waals surface area (Å²) in [5.41, 5.74) is 0.0378. The molecular formula is C10H18O2. The van der Waals surface area contributed by atoms with Gasteiger partial charge in [-0.15, -0.1) is 0 Å². The van der Waals surface area contributed by atoms with Crippen molar-refractivity contribution in [2.45, 2.75) is 34.1 Å². The zero-order valence-electron chi connectivity index (χ0n) is 8.29. The molecule has 0 aromatic rings. The molecule has 0 amide bonds. The van der Waals surface area contributed by atoms with Gasteiger partial charge in [-0.1, -0.05) is 27.7 Å². The van der Waals surface area contributed by atoms with Gasteiger partial charge in [0.15, 0.2) is 0 Å². The highest BCUT2D eigenvalue weighted by atomic mass is 16.4. The lowest BCUT2D eigenvalue weighted by molar-refractivity contribution is -0.139. The van der Waals surface area contributed by atoms with Gasteiger partial charge in [0.1, 0.15) is 0 Å². The molecule has 0 spiro atoms. The lowest BCUT2D eigenvalue weighted by Crippen LogP contribution is -2.03. The van der Waals surface area contributed by atoms with Crippen LogP contribution < -0.4 is 0 Å². The van der Waals surface area contributed by atoms with E-state index in [9.17, 15) is 4.79 Å². The fourth-order valence-corrected chi connectivity index (χ4v) is 2.18. The van der Waals surface area contributed by atoms with Gasteiger partial charge in [0, 0.05) is 0 Å². The van der Waals surface area contributed by atoms with Crippen molar-refractivity contribution in [1.29, 1.82) is 0 Å². The van der Waals surface area contributed by atoms with Gasteiger partial charge in [-0.25, -0.2) is 0 Å². The summed E-state index contributed by atoms with van der Waals surface area (Å²) >= 11 is 0. The largest absolute Gasteiger partial charge is 0.481 e. The van der Waals surface area contributed by atoms with E-state index in [-0.39, 0.29) is 11.3 Å². The highest BCUT2D eigenvalue weighted by Gasteiger charge is 2.61. The van der Waals surface area contributed by atoms with E-state index in [0.717, 1.165) is 6.42 Å². The van der Waals surface area contributed by atoms with E-state index < -0.39 is 5.97 Å². The Balaban J connectivity index is 2.54. The fourth-order valence-electron chi connectivity index (χ4n) is 2.18. The lowest BCUT2D eigenvalue weighted by Gasteiger charge is -2.04. The number of carboxylic acid groups (broad SMARTS) is 1. The second-order valence-electron chi connectivity index (χ2n) is 4.87. The Hall–Kier alpha value is -0.530. The Labute approximate surface area is 74.0 Å². The number of aliphatic carboxylic acids is 1. The first-order valence-electron chi connectivity index (χ1n) is 4.60. The molecule has 1 fully saturated rings. The normalized spacial score (nSPS) is 32.1. The SMILES string of the molecule is CC(C)C[C@H]1[C@H](C(=O)O)C1(C)C. The van der Waals surface area contributed by atoms with E-state index >= 15 is 0 Å². The van der Waals surface area contributed by atoms with Gasteiger partial charge in [0.2, 0.25) is 0 Å². The molecule has 0 radical (unpaired) electrons. The van der Waals surface area contributed by atoms with E-state index in [0.29, 0.717) is 11.8 Å². The smallest absolute Gasteiger partial charge is 0.307 e. The van der Waals surface area contributed by atoms with Crippen molar-refractivity contribution in [3.63, 3.8) is 0 Å². The summed E-state index contributed by atoms with van der Waals surface area (Å²) in [6.45, 7) is 8.40. The second-order valence-corrected chi connectivity index (χ2v) is 4.87. The number of rotatable bonds is 3. The zero-order chi connectivity index (χ0) is 9.52. The first-order valence-corrected chi connectivity index (χ1v) is 4.60. The first kappa shape index (κ1) is 9.56. The molecule has 12 heavy (non-hydrogen) atoms. The van der Waals surface area contributed by atoms with Gasteiger partial charge in [-0.3, -0.25) is 4.79 Å². The summed E-state index contributed by atoms with van der Waals surface area (Å²) in [5.74, 6) is 0.291. The standard InChI is InChI=1S/C10H18O2/c1-6(2)5-7-8(9(11)12)10(7,3)4/h6-8H,5H2,1-4H3,(H,11,12)/t7-,8+/m0/s1. The van der Waals surface area contributed by atoms with E-state index in [1.165, 1.54) is 0 Å². The van der Waals surface area contributed by atoms with E-state index in [4.69, 9.17) is 5.11 Å². The molecule has 0 heterocycles. The van der Waals surface area contributed by atoms with Crippen LogP contribution in [0.3, 0.4) is 0 Å². The lowest BCUT2D eigenvalue weighted by atomic mass is 10.0. The molecule has 70 valence electrons. The molecule has 1 aliphatic carbocycles. The van der Waals surface area contributed by atoms with Crippen molar-refractivity contribution in [3.8, 4) is 0 Å². The van der Waals surface area contributed by atoms with Gasteiger partial charge in [-0.05, 0) is 23.7 Å². The molecule has 2 nitrogen and oxygen atoms in total. The minimum absolute atomic E-state index is 0.0378. The molecule has 2 atom stereocenters. The fraction of sp³-hybridized carbons (Fsp3) is 0.900. The van der Waals surface area contributed by atoms with Crippen molar-refractivity contribution in [2.75, 3.05) is 0 Å². The summed E-state index contributed by atoms with van der Waals surface area (Å²) < 4.78 is 0. The van der Waals surface area contributed by atoms with Crippen molar-refractivity contribution >= 4 is 5.97 Å². The third-order valence-electron chi connectivity index (χ3n) is 3.04. The second kappa shape index (κ2) is 2.75. The predicted octanol–water partition coefficient (Wildman–Crippen LogP) is 2.39. The summed E-state index contributed by atoms with van der Waals surface area (Å²) in [6, 6.07) is 0. The van der Waals surface area contributed by atoms with Crippen LogP contribution in [-0.2, 0) is 4.79 Å². The minimum Gasteiger partial charge on any atom is -0.481 e. The molecule has 1 rings (SSSR count). The molecule has 0 unspecified atom stereocenters. The van der Waals surface area contributed by atoms with Crippen LogP contribution in [0, 0.1) is 23.2 Å². The molecule has 0 aromatic heterocycles. The molecule has 0 bridgehead atoms. The van der Waals surface area contributed by atoms with Crippen LogP contribution in [0.1, 0.15) is 34.1 Å². The Morgan fingerprint density at radius 3 is 2.25 bits per heavy atom. The number of carboxylic acids is 1. The van der Waals surface area contributed by atoms with E-state index in [1.54, 1.807) is 0 Å². The topological polar surface area (TPSA) is 37.3 Å². The number of hydrogen-bond acceptors (Lipinski definition) is 1. The maximum Gasteiger partial charge on any atom is 0.307 e. The zero-order valence-corrected chi connectivity index (χ0v) is 8.29. The van der Waals surface area contributed by atoms with Gasteiger partial charge in [0.25, 0.3) is 0 Å². The molecule has 0 aromatic carbocycles. The Morgan fingerprint density at radius 2 is 2.00 bits per heavy atom. The summed E-state index contributed by atoms with van der Waals surface area (Å²) in [4.78, 5) is 10.8. The van der Waals surface area contributed by atoms with Crippen molar-refractivity contribution in [3.05, 3.63) is 0 Å². The van der Waals surface area contributed by atoms with Gasteiger partial charge < -0.3 is 5.11 Å². The quantitative estimate of drug-likeness (QED) is 0.706. The monoisotopic (exact) mass is 170 g/mol. The third-order valence-corrected chi connectivity index (χ3v) is 3.04. The highest BCUT2D eigenvalue weighted by molar-refractivity contribution is 5.75. The maximum absolute atomic E-state index is 10.8. The van der Waals surface area contributed by atoms with E-state index in [1.807, 2.05) is 0 Å². The Bertz CT molecular complexity index is 194. The summed E-state index contributed by atoms with van der Waals surface area (Å²) in [6.07, 6.45) is 1.05. The van der Waals surface area contributed by atoms with Crippen LogP contribution in [-0.4, -0.2) is 11.1 Å². The third kappa shape index (κ3) is 1.47. The molecule has 0 saturated heterocycles. The van der Waals surface area contributed by atoms with Crippen molar-refractivity contribution < 1.29 is 9.90 Å². The predicted molar refractivity (Wildman–Crippen MR) is 47.9 cm³/mol. The van der Waals surface area contributed by atoms with Gasteiger partial charge in [0.05, 0.1) is 5.92 Å². The minimum atomic E-state index is -0.620. The van der Waals surface area contributed by atoms with Gasteiger partial charge >= 0.3 is 5.97 Å². The van der Waals surface area contributed by atoms with Crippen LogP contribution in [0.5, 0.6) is 0 Å². The molecule has 1 saturated carbocycles. The summed E-state index contributed by atoms with van der Waals surface area (Å²) in [7, 11) is 0. The van der Waals surface area contributed by atoms with Gasteiger partial charge in [-0.2, -0.15) is 0 Å². The van der Waals surface area contributed by atoms with Crippen LogP contribution in [0.15, 0.2) is 0 Å². The van der Waals surface area contributed by atoms with Crippen molar-refractivity contribution in [1.82, 2.24) is 0 Å². The highest BCUT2D eigenvalue weighted by Crippen LogP contribution is 2.60. The maximum atomic E-state index is 10.8. The number of carbonyl (C=O) groups is 1. The molecule has 1 N–H and O–H groups in total. The molecule has 0 aliphatic heterocycles. The average Bonchev–Trinajstić information content (AvgIpc) is 2.32. The molecule has 1 aliphatic rings. The Morgan fingerprint density at radius 1 is 1.50 bits per heavy atom. The van der Waals surface area contributed by atoms with Crippen LogP contribution >= 0.6 is 0 Å². The van der Waals surface area contributed by atoms with Crippen LogP contribution in [0.25, 0.3) is 0 Å². The summed E-state index contributed by atoms with van der Waals surface area (Å²) in [5, 5.41) is 8.87. The van der Waals surface area contributed by atoms with Crippen LogP contribution in [0.4, 0.5) is 0 Å². The first-order chi connectivity index (χ1) is 5.37. The molecular weight excluding hydrogens is 152 g/mol. The van der Waals surface area contributed by atoms with Crippen LogP contribution in [0.2, 0.25) is 0 Å². The Kier molecular flexibility index (Phi) is 2.19. The van der Waals surface area contributed by atoms with E-state index in [2.05, 4.69) is 27.7 Å². The number of hydrogen-bond donors (Lipinski definition) is 1.